The number of rotatable bonds is 1. The van der Waals surface area contributed by atoms with Crippen LogP contribution in [0.5, 0.6) is 5.75 Å². The molecule has 0 aliphatic carbocycles. The number of hydrogen-bond acceptors (Lipinski definition) is 2. The van der Waals surface area contributed by atoms with Crippen LogP contribution in [0.4, 0.5) is 0 Å². The van der Waals surface area contributed by atoms with E-state index in [4.69, 9.17) is 5.11 Å². The summed E-state index contributed by atoms with van der Waals surface area (Å²) in [6.07, 6.45) is 0. The molecule has 0 radical (unpaired) electrons. The van der Waals surface area contributed by atoms with Gasteiger partial charge >= 0.3 is 0 Å². The number of aromatic hydroxyl groups is 1. The number of hydrogen-bond donors (Lipinski definition) is 2. The van der Waals surface area contributed by atoms with E-state index in [1.54, 1.807) is 12.1 Å². The molecule has 2 N–H and O–H groups in total. The molecule has 0 atom stereocenters. The van der Waals surface area contributed by atoms with Crippen molar-refractivity contribution < 1.29 is 10.2 Å². The fourth-order valence-electron chi connectivity index (χ4n) is 0.699. The van der Waals surface area contributed by atoms with Crippen molar-refractivity contribution in [3.63, 3.8) is 0 Å². The Balaban J connectivity index is 3.21. The van der Waals surface area contributed by atoms with Crippen molar-refractivity contribution in [3.8, 4) is 5.75 Å². The first-order valence-corrected chi connectivity index (χ1v) is 5.08. The van der Waals surface area contributed by atoms with E-state index < -0.39 is 0 Å². The first kappa shape index (κ1) is 9.53. The van der Waals surface area contributed by atoms with Crippen molar-refractivity contribution in [2.45, 2.75) is 6.61 Å². The number of aliphatic hydroxyl groups is 1. The number of aliphatic hydroxyl groups excluding tert-OH is 1. The Morgan fingerprint density at radius 2 is 1.82 bits per heavy atom. The van der Waals surface area contributed by atoms with Gasteiger partial charge in [0.15, 0.2) is 0 Å². The van der Waals surface area contributed by atoms with Gasteiger partial charge in [0.25, 0.3) is 0 Å². The van der Waals surface area contributed by atoms with Crippen molar-refractivity contribution >= 4 is 45.2 Å². The van der Waals surface area contributed by atoms with E-state index in [1.807, 2.05) is 22.6 Å². The summed E-state index contributed by atoms with van der Waals surface area (Å²) in [7, 11) is 0. The quantitative estimate of drug-likeness (QED) is 0.738. The lowest BCUT2D eigenvalue weighted by Gasteiger charge is -2.02. The van der Waals surface area contributed by atoms with Gasteiger partial charge in [-0.05, 0) is 62.9 Å². The first-order valence-electron chi connectivity index (χ1n) is 2.93. The minimum Gasteiger partial charge on any atom is -0.507 e. The predicted molar refractivity (Wildman–Crippen MR) is 59.5 cm³/mol. The Hall–Kier alpha value is 0.440. The summed E-state index contributed by atoms with van der Waals surface area (Å²) in [6, 6.07) is 3.42. The van der Waals surface area contributed by atoms with Crippen LogP contribution in [0.15, 0.2) is 12.1 Å². The van der Waals surface area contributed by atoms with Crippen LogP contribution in [0.3, 0.4) is 0 Å². The molecular formula is C7H6I2O2. The third-order valence-corrected chi connectivity index (χ3v) is 3.15. The molecule has 0 saturated heterocycles. The summed E-state index contributed by atoms with van der Waals surface area (Å²) in [5.74, 6) is 0.271. The number of phenols is 1. The van der Waals surface area contributed by atoms with E-state index in [-0.39, 0.29) is 12.4 Å². The predicted octanol–water partition coefficient (Wildman–Crippen LogP) is 2.09. The summed E-state index contributed by atoms with van der Waals surface area (Å²) in [4.78, 5) is 0. The van der Waals surface area contributed by atoms with Gasteiger partial charge in [-0.1, -0.05) is 0 Å². The molecule has 1 aromatic carbocycles. The van der Waals surface area contributed by atoms with Crippen LogP contribution >= 0.6 is 45.2 Å². The molecule has 2 nitrogen and oxygen atoms in total. The summed E-state index contributed by atoms with van der Waals surface area (Å²) >= 11 is 4.10. The highest BCUT2D eigenvalue weighted by molar-refractivity contribution is 14.1. The van der Waals surface area contributed by atoms with Crippen LogP contribution < -0.4 is 0 Å². The normalized spacial score (nSPS) is 10.1. The van der Waals surface area contributed by atoms with Crippen LogP contribution in [0.25, 0.3) is 0 Å². The van der Waals surface area contributed by atoms with Crippen molar-refractivity contribution in [1.29, 1.82) is 0 Å². The second kappa shape index (κ2) is 3.90. The van der Waals surface area contributed by atoms with E-state index in [0.29, 0.717) is 0 Å². The monoisotopic (exact) mass is 376 g/mol. The summed E-state index contributed by atoms with van der Waals surface area (Å²) in [5.41, 5.74) is 0.854. The number of phenolic OH excluding ortho intramolecular Hbond substituents is 1. The van der Waals surface area contributed by atoms with Gasteiger partial charge < -0.3 is 10.2 Å². The van der Waals surface area contributed by atoms with Gasteiger partial charge in [-0.2, -0.15) is 0 Å². The summed E-state index contributed by atoms with van der Waals surface area (Å²) in [5, 5.41) is 18.1. The SMILES string of the molecule is OCc1cc(I)c(O)cc1I. The molecule has 0 aliphatic heterocycles. The lowest BCUT2D eigenvalue weighted by Crippen LogP contribution is -1.89. The fourth-order valence-corrected chi connectivity index (χ4v) is 1.85. The summed E-state index contributed by atoms with van der Waals surface area (Å²) in [6.45, 7) is 0.0224. The van der Waals surface area contributed by atoms with Gasteiger partial charge in [0.2, 0.25) is 0 Å². The molecule has 0 aromatic heterocycles. The van der Waals surface area contributed by atoms with Crippen molar-refractivity contribution in [2.75, 3.05) is 0 Å². The van der Waals surface area contributed by atoms with Crippen LogP contribution in [0, 0.1) is 7.14 Å². The second-order valence-corrected chi connectivity index (χ2v) is 4.38. The minimum atomic E-state index is 0.0224. The number of benzene rings is 1. The molecule has 0 bridgehead atoms. The molecule has 0 unspecified atom stereocenters. The van der Waals surface area contributed by atoms with E-state index in [1.165, 1.54) is 0 Å². The molecule has 0 spiro atoms. The molecular weight excluding hydrogens is 370 g/mol. The Morgan fingerprint density at radius 3 is 2.36 bits per heavy atom. The second-order valence-electron chi connectivity index (χ2n) is 2.05. The van der Waals surface area contributed by atoms with Gasteiger partial charge in [-0.3, -0.25) is 0 Å². The fraction of sp³-hybridized carbons (Fsp3) is 0.143. The maximum absolute atomic E-state index is 9.23. The zero-order valence-electron chi connectivity index (χ0n) is 5.51. The molecule has 0 fully saturated rings. The Kier molecular flexibility index (Phi) is 3.38. The highest BCUT2D eigenvalue weighted by atomic mass is 127. The van der Waals surface area contributed by atoms with Gasteiger partial charge in [0.1, 0.15) is 5.75 Å². The summed E-state index contributed by atoms with van der Waals surface area (Å²) < 4.78 is 1.66. The van der Waals surface area contributed by atoms with Crippen LogP contribution in [0.2, 0.25) is 0 Å². The lowest BCUT2D eigenvalue weighted by atomic mass is 10.2. The largest absolute Gasteiger partial charge is 0.507 e. The third kappa shape index (κ3) is 2.19. The average molecular weight is 376 g/mol. The molecule has 0 aliphatic rings. The Labute approximate surface area is 91.9 Å². The zero-order chi connectivity index (χ0) is 8.43. The van der Waals surface area contributed by atoms with Gasteiger partial charge in [-0.25, -0.2) is 0 Å². The molecule has 11 heavy (non-hydrogen) atoms. The van der Waals surface area contributed by atoms with Crippen LogP contribution in [-0.2, 0) is 6.61 Å². The smallest absolute Gasteiger partial charge is 0.129 e. The maximum atomic E-state index is 9.23. The van der Waals surface area contributed by atoms with Crippen molar-refractivity contribution in [2.24, 2.45) is 0 Å². The van der Waals surface area contributed by atoms with Crippen LogP contribution in [-0.4, -0.2) is 10.2 Å². The van der Waals surface area contributed by atoms with Gasteiger partial charge in [-0.15, -0.1) is 0 Å². The van der Waals surface area contributed by atoms with Crippen molar-refractivity contribution in [3.05, 3.63) is 24.8 Å². The maximum Gasteiger partial charge on any atom is 0.129 e. The molecule has 60 valence electrons. The van der Waals surface area contributed by atoms with Gasteiger partial charge in [0.05, 0.1) is 10.2 Å². The molecule has 0 saturated carbocycles. The van der Waals surface area contributed by atoms with Crippen LogP contribution in [0.1, 0.15) is 5.56 Å². The Bertz CT molecular complexity index is 273. The molecule has 0 amide bonds. The molecule has 1 rings (SSSR count). The Morgan fingerprint density at radius 1 is 1.18 bits per heavy atom. The average Bonchev–Trinajstić information content (AvgIpc) is 1.97. The van der Waals surface area contributed by atoms with E-state index in [9.17, 15) is 5.11 Å². The van der Waals surface area contributed by atoms with E-state index in [2.05, 4.69) is 22.6 Å². The number of halogens is 2. The first-order chi connectivity index (χ1) is 5.15. The molecule has 1 aromatic rings. The highest BCUT2D eigenvalue weighted by Crippen LogP contribution is 2.25. The van der Waals surface area contributed by atoms with Crippen molar-refractivity contribution in [1.82, 2.24) is 0 Å². The zero-order valence-corrected chi connectivity index (χ0v) is 9.83. The third-order valence-electron chi connectivity index (χ3n) is 1.29. The standard InChI is InChI=1S/C7H6I2O2/c8-5-2-7(11)6(9)1-4(5)3-10/h1-2,10-11H,3H2. The lowest BCUT2D eigenvalue weighted by molar-refractivity contribution is 0.280. The molecule has 4 heteroatoms. The van der Waals surface area contributed by atoms with Gasteiger partial charge in [0, 0.05) is 3.57 Å². The topological polar surface area (TPSA) is 40.5 Å². The van der Waals surface area contributed by atoms with E-state index >= 15 is 0 Å². The molecule has 0 heterocycles. The highest BCUT2D eigenvalue weighted by Gasteiger charge is 2.03. The minimum absolute atomic E-state index is 0.0224. The van der Waals surface area contributed by atoms with E-state index in [0.717, 1.165) is 12.7 Å².